The van der Waals surface area contributed by atoms with E-state index in [0.717, 1.165) is 5.06 Å². The van der Waals surface area contributed by atoms with Crippen LogP contribution in [0.4, 0.5) is 4.79 Å². The van der Waals surface area contributed by atoms with Crippen LogP contribution in [0, 0.1) is 11.8 Å². The molecule has 8 nitrogen and oxygen atoms in total. The Bertz CT molecular complexity index is 346. The third kappa shape index (κ3) is 3.33. The third-order valence-corrected chi connectivity index (χ3v) is 2.95. The van der Waals surface area contributed by atoms with Crippen LogP contribution in [-0.2, 0) is 14.4 Å². The number of carboxylic acid groups (broad SMARTS) is 1. The third-order valence-electron chi connectivity index (χ3n) is 2.95. The van der Waals surface area contributed by atoms with Crippen molar-refractivity contribution < 1.29 is 24.3 Å². The van der Waals surface area contributed by atoms with Gasteiger partial charge >= 0.3 is 6.09 Å². The maximum absolute atomic E-state index is 12.0. The number of carbonyl (C=O) groups excluding carboxylic acids is 2. The molecule has 1 fully saturated rings. The van der Waals surface area contributed by atoms with Crippen LogP contribution in [0.25, 0.3) is 0 Å². The van der Waals surface area contributed by atoms with E-state index in [-0.39, 0.29) is 12.5 Å². The van der Waals surface area contributed by atoms with Crippen molar-refractivity contribution >= 4 is 17.9 Å². The molecule has 1 saturated heterocycles. The molecule has 102 valence electrons. The van der Waals surface area contributed by atoms with Crippen LogP contribution in [0.15, 0.2) is 0 Å². The highest BCUT2D eigenvalue weighted by atomic mass is 16.7. The van der Waals surface area contributed by atoms with E-state index in [1.54, 1.807) is 0 Å². The fourth-order valence-corrected chi connectivity index (χ4v) is 1.92. The molecule has 1 rings (SSSR count). The van der Waals surface area contributed by atoms with Gasteiger partial charge in [0, 0.05) is 20.1 Å². The fourth-order valence-electron chi connectivity index (χ4n) is 1.92. The van der Waals surface area contributed by atoms with Crippen LogP contribution in [0.2, 0.25) is 0 Å². The van der Waals surface area contributed by atoms with Gasteiger partial charge in [0.2, 0.25) is 5.91 Å². The Hall–Kier alpha value is -1.83. The molecule has 0 aliphatic carbocycles. The highest BCUT2D eigenvalue weighted by Crippen LogP contribution is 2.21. The van der Waals surface area contributed by atoms with Crippen molar-refractivity contribution in [1.29, 1.82) is 0 Å². The molecular weight excluding hydrogens is 242 g/mol. The minimum atomic E-state index is -1.23. The number of amides is 3. The Balaban J connectivity index is 2.76. The van der Waals surface area contributed by atoms with E-state index in [9.17, 15) is 14.4 Å². The van der Waals surface area contributed by atoms with Gasteiger partial charge in [0.05, 0.1) is 18.9 Å². The minimum absolute atomic E-state index is 0.111. The van der Waals surface area contributed by atoms with Crippen molar-refractivity contribution in [3.63, 3.8) is 0 Å². The molecular formula is C10H17N3O5. The zero-order valence-corrected chi connectivity index (χ0v) is 10.3. The van der Waals surface area contributed by atoms with Crippen molar-refractivity contribution in [2.24, 2.45) is 11.8 Å². The van der Waals surface area contributed by atoms with Crippen LogP contribution in [0.1, 0.15) is 6.42 Å². The molecule has 18 heavy (non-hydrogen) atoms. The molecule has 1 aliphatic rings. The number of nitrogens with one attached hydrogen (secondary N) is 2. The summed E-state index contributed by atoms with van der Waals surface area (Å²) in [5.74, 6) is -1.94. The summed E-state index contributed by atoms with van der Waals surface area (Å²) in [7, 11) is 2.75. The smallest absolute Gasteiger partial charge is 0.404 e. The summed E-state index contributed by atoms with van der Waals surface area (Å²) in [5.41, 5.74) is 0. The summed E-state index contributed by atoms with van der Waals surface area (Å²) < 4.78 is 0. The lowest BCUT2D eigenvalue weighted by atomic mass is 9.90. The highest BCUT2D eigenvalue weighted by molar-refractivity contribution is 5.88. The Morgan fingerprint density at radius 1 is 1.67 bits per heavy atom. The molecule has 3 N–H and O–H groups in total. The molecule has 3 amide bonds. The number of hydroxylamine groups is 2. The first-order valence-corrected chi connectivity index (χ1v) is 5.53. The molecule has 0 aromatic carbocycles. The second-order valence-corrected chi connectivity index (χ2v) is 4.00. The molecule has 8 heteroatoms. The lowest BCUT2D eigenvalue weighted by Crippen LogP contribution is -2.44. The van der Waals surface area contributed by atoms with Gasteiger partial charge in [0.15, 0.2) is 0 Å². The first-order chi connectivity index (χ1) is 8.47. The molecule has 0 saturated carbocycles. The van der Waals surface area contributed by atoms with Gasteiger partial charge in [-0.1, -0.05) is 0 Å². The standard InChI is InChI=1S/C10H17N3O5/c1-13(18-2)9(15)7(5-12-10(16)17)6-3-4-11-8(6)14/h6-7,12H,3-5H2,1-2H3,(H,11,14)(H,16,17)/t6-,7?/m0/s1. The number of hydrogen-bond acceptors (Lipinski definition) is 4. The minimum Gasteiger partial charge on any atom is -0.465 e. The summed E-state index contributed by atoms with van der Waals surface area (Å²) in [6.45, 7) is 0.386. The van der Waals surface area contributed by atoms with E-state index in [1.807, 2.05) is 0 Å². The predicted octanol–water partition coefficient (Wildman–Crippen LogP) is -0.974. The van der Waals surface area contributed by atoms with Gasteiger partial charge in [0.1, 0.15) is 0 Å². The first-order valence-electron chi connectivity index (χ1n) is 5.53. The zero-order valence-electron chi connectivity index (χ0n) is 10.3. The van der Waals surface area contributed by atoms with Crippen LogP contribution in [0.3, 0.4) is 0 Å². The molecule has 0 radical (unpaired) electrons. The van der Waals surface area contributed by atoms with Crippen LogP contribution >= 0.6 is 0 Å². The molecule has 1 unspecified atom stereocenters. The Morgan fingerprint density at radius 2 is 2.33 bits per heavy atom. The lowest BCUT2D eigenvalue weighted by Gasteiger charge is -2.24. The molecule has 0 bridgehead atoms. The quantitative estimate of drug-likeness (QED) is 0.550. The van der Waals surface area contributed by atoms with Crippen molar-refractivity contribution in [1.82, 2.24) is 15.7 Å². The average molecular weight is 259 g/mol. The summed E-state index contributed by atoms with van der Waals surface area (Å²) in [4.78, 5) is 38.9. The maximum atomic E-state index is 12.0. The largest absolute Gasteiger partial charge is 0.465 e. The van der Waals surface area contributed by atoms with E-state index in [2.05, 4.69) is 10.6 Å². The van der Waals surface area contributed by atoms with Crippen LogP contribution in [0.5, 0.6) is 0 Å². The van der Waals surface area contributed by atoms with Crippen molar-refractivity contribution in [3.05, 3.63) is 0 Å². The van der Waals surface area contributed by atoms with Crippen LogP contribution < -0.4 is 10.6 Å². The average Bonchev–Trinajstić information content (AvgIpc) is 2.74. The first kappa shape index (κ1) is 14.2. The normalized spacial score (nSPS) is 20.1. The highest BCUT2D eigenvalue weighted by Gasteiger charge is 2.38. The predicted molar refractivity (Wildman–Crippen MR) is 60.4 cm³/mol. The lowest BCUT2D eigenvalue weighted by molar-refractivity contribution is -0.175. The van der Waals surface area contributed by atoms with Crippen molar-refractivity contribution in [2.45, 2.75) is 6.42 Å². The summed E-state index contributed by atoms with van der Waals surface area (Å²) >= 11 is 0. The van der Waals surface area contributed by atoms with Gasteiger partial charge in [-0.05, 0) is 6.42 Å². The number of hydrogen-bond donors (Lipinski definition) is 3. The van der Waals surface area contributed by atoms with Gasteiger partial charge in [-0.25, -0.2) is 9.86 Å². The number of carbonyl (C=O) groups is 3. The van der Waals surface area contributed by atoms with E-state index in [1.165, 1.54) is 14.2 Å². The molecule has 0 aromatic heterocycles. The van der Waals surface area contributed by atoms with E-state index < -0.39 is 23.8 Å². The van der Waals surface area contributed by atoms with Gasteiger partial charge in [-0.2, -0.15) is 0 Å². The fraction of sp³-hybridized carbons (Fsp3) is 0.700. The SMILES string of the molecule is CON(C)C(=O)C(CNC(=O)O)[C@@H]1CCNC1=O. The summed E-state index contributed by atoms with van der Waals surface area (Å²) in [6.07, 6.45) is -0.722. The Kier molecular flexibility index (Phi) is 4.90. The number of rotatable bonds is 5. The van der Waals surface area contributed by atoms with E-state index >= 15 is 0 Å². The maximum Gasteiger partial charge on any atom is 0.404 e. The molecule has 0 aromatic rings. The van der Waals surface area contributed by atoms with E-state index in [4.69, 9.17) is 9.94 Å². The second-order valence-electron chi connectivity index (χ2n) is 4.00. The Labute approximate surface area is 104 Å². The van der Waals surface area contributed by atoms with Gasteiger partial charge in [0.25, 0.3) is 5.91 Å². The van der Waals surface area contributed by atoms with Gasteiger partial charge in [-0.3, -0.25) is 14.4 Å². The molecule has 2 atom stereocenters. The number of nitrogens with zero attached hydrogens (tertiary/aromatic N) is 1. The summed E-state index contributed by atoms with van der Waals surface area (Å²) in [6, 6.07) is 0. The zero-order chi connectivity index (χ0) is 13.7. The van der Waals surface area contributed by atoms with Gasteiger partial charge in [-0.15, -0.1) is 0 Å². The van der Waals surface area contributed by atoms with Gasteiger partial charge < -0.3 is 15.7 Å². The summed E-state index contributed by atoms with van der Waals surface area (Å²) in [5, 5.41) is 14.3. The van der Waals surface area contributed by atoms with Crippen molar-refractivity contribution in [3.8, 4) is 0 Å². The van der Waals surface area contributed by atoms with E-state index in [0.29, 0.717) is 13.0 Å². The molecule has 1 heterocycles. The molecule has 1 aliphatic heterocycles. The monoisotopic (exact) mass is 259 g/mol. The molecule has 0 spiro atoms. The Morgan fingerprint density at radius 3 is 2.78 bits per heavy atom. The topological polar surface area (TPSA) is 108 Å². The van der Waals surface area contributed by atoms with Crippen molar-refractivity contribution in [2.75, 3.05) is 27.2 Å². The second kappa shape index (κ2) is 6.20. The van der Waals surface area contributed by atoms with Crippen LogP contribution in [-0.4, -0.2) is 55.3 Å².